The van der Waals surface area contributed by atoms with Gasteiger partial charge in [-0.15, -0.1) is 0 Å². The van der Waals surface area contributed by atoms with Crippen molar-refractivity contribution >= 4 is 11.8 Å². The van der Waals surface area contributed by atoms with Gasteiger partial charge in [-0.1, -0.05) is 29.8 Å². The number of nitrogens with two attached hydrogens (primary N) is 1. The lowest BCUT2D eigenvalue weighted by Gasteiger charge is -2.14. The largest absolute Gasteiger partial charge is 0.319 e. The van der Waals surface area contributed by atoms with Crippen LogP contribution in [0.3, 0.4) is 0 Å². The van der Waals surface area contributed by atoms with Gasteiger partial charge in [-0.2, -0.15) is 0 Å². The first-order chi connectivity index (χ1) is 8.08. The SMILES string of the molecule is Cc1cccc(CCN2C(=O)CC(N)C2=O)c1. The van der Waals surface area contributed by atoms with Gasteiger partial charge in [0.15, 0.2) is 0 Å². The lowest BCUT2D eigenvalue weighted by molar-refractivity contribution is -0.138. The van der Waals surface area contributed by atoms with Crippen LogP contribution in [0.15, 0.2) is 24.3 Å². The normalized spacial score (nSPS) is 20.1. The van der Waals surface area contributed by atoms with Crippen LogP contribution in [0.25, 0.3) is 0 Å². The Morgan fingerprint density at radius 2 is 2.18 bits per heavy atom. The van der Waals surface area contributed by atoms with E-state index >= 15 is 0 Å². The minimum absolute atomic E-state index is 0.145. The summed E-state index contributed by atoms with van der Waals surface area (Å²) in [4.78, 5) is 24.4. The van der Waals surface area contributed by atoms with Gasteiger partial charge in [0.25, 0.3) is 0 Å². The standard InChI is InChI=1S/C13H16N2O2/c1-9-3-2-4-10(7-9)5-6-15-12(16)8-11(14)13(15)17/h2-4,7,11H,5-6,8,14H2,1H3. The van der Waals surface area contributed by atoms with Gasteiger partial charge in [-0.3, -0.25) is 14.5 Å². The van der Waals surface area contributed by atoms with Gasteiger partial charge in [0.1, 0.15) is 0 Å². The summed E-state index contributed by atoms with van der Waals surface area (Å²) in [5, 5.41) is 0. The number of likely N-dealkylation sites (tertiary alicyclic amines) is 1. The third kappa shape index (κ3) is 2.53. The maximum Gasteiger partial charge on any atom is 0.246 e. The molecule has 90 valence electrons. The molecule has 1 aromatic carbocycles. The molecule has 17 heavy (non-hydrogen) atoms. The fraction of sp³-hybridized carbons (Fsp3) is 0.385. The summed E-state index contributed by atoms with van der Waals surface area (Å²) < 4.78 is 0. The highest BCUT2D eigenvalue weighted by atomic mass is 16.2. The number of amides is 2. The topological polar surface area (TPSA) is 63.4 Å². The summed E-state index contributed by atoms with van der Waals surface area (Å²) in [6, 6.07) is 7.42. The van der Waals surface area contributed by atoms with E-state index < -0.39 is 6.04 Å². The number of hydrogen-bond acceptors (Lipinski definition) is 3. The van der Waals surface area contributed by atoms with Crippen LogP contribution < -0.4 is 5.73 Å². The minimum atomic E-state index is -0.639. The van der Waals surface area contributed by atoms with Crippen molar-refractivity contribution in [2.45, 2.75) is 25.8 Å². The zero-order valence-corrected chi connectivity index (χ0v) is 9.85. The molecule has 4 nitrogen and oxygen atoms in total. The van der Waals surface area contributed by atoms with Crippen molar-refractivity contribution in [2.75, 3.05) is 6.54 Å². The molecule has 1 heterocycles. The van der Waals surface area contributed by atoms with Crippen LogP contribution in [-0.2, 0) is 16.0 Å². The van der Waals surface area contributed by atoms with E-state index in [0.717, 1.165) is 5.56 Å². The van der Waals surface area contributed by atoms with Crippen LogP contribution in [0.1, 0.15) is 17.5 Å². The number of imide groups is 1. The lowest BCUT2D eigenvalue weighted by atomic mass is 10.1. The van der Waals surface area contributed by atoms with Crippen LogP contribution in [-0.4, -0.2) is 29.3 Å². The van der Waals surface area contributed by atoms with Gasteiger partial charge >= 0.3 is 0 Å². The van der Waals surface area contributed by atoms with E-state index in [2.05, 4.69) is 6.07 Å². The molecule has 0 bridgehead atoms. The number of rotatable bonds is 3. The first kappa shape index (κ1) is 11.8. The second-order valence-corrected chi connectivity index (χ2v) is 4.43. The average Bonchev–Trinajstić information content (AvgIpc) is 2.51. The maximum atomic E-state index is 11.6. The number of carbonyl (C=O) groups is 2. The summed E-state index contributed by atoms with van der Waals surface area (Å²) in [7, 11) is 0. The third-order valence-corrected chi connectivity index (χ3v) is 2.99. The molecule has 1 aliphatic heterocycles. The molecule has 1 fully saturated rings. The van der Waals surface area contributed by atoms with Crippen molar-refractivity contribution in [1.82, 2.24) is 4.90 Å². The van der Waals surface area contributed by atoms with Crippen LogP contribution in [0, 0.1) is 6.92 Å². The highest BCUT2D eigenvalue weighted by Gasteiger charge is 2.35. The van der Waals surface area contributed by atoms with E-state index in [1.807, 2.05) is 25.1 Å². The van der Waals surface area contributed by atoms with E-state index in [9.17, 15) is 9.59 Å². The second-order valence-electron chi connectivity index (χ2n) is 4.43. The van der Waals surface area contributed by atoms with Gasteiger partial charge in [0, 0.05) is 6.54 Å². The Bertz CT molecular complexity index is 456. The van der Waals surface area contributed by atoms with E-state index in [4.69, 9.17) is 5.73 Å². The van der Waals surface area contributed by atoms with Gasteiger partial charge in [0.05, 0.1) is 12.5 Å². The van der Waals surface area contributed by atoms with Crippen LogP contribution >= 0.6 is 0 Å². The quantitative estimate of drug-likeness (QED) is 0.777. The zero-order valence-electron chi connectivity index (χ0n) is 9.85. The molecule has 0 aliphatic carbocycles. The van der Waals surface area contributed by atoms with Crippen LogP contribution in [0.4, 0.5) is 0 Å². The Kier molecular flexibility index (Phi) is 3.24. The molecule has 1 aromatic rings. The molecule has 1 saturated heterocycles. The summed E-state index contributed by atoms with van der Waals surface area (Å²) >= 11 is 0. The number of carbonyl (C=O) groups excluding carboxylic acids is 2. The van der Waals surface area contributed by atoms with Gasteiger partial charge in [-0.25, -0.2) is 0 Å². The van der Waals surface area contributed by atoms with Crippen molar-refractivity contribution in [3.8, 4) is 0 Å². The van der Waals surface area contributed by atoms with E-state index in [1.165, 1.54) is 10.5 Å². The summed E-state index contributed by atoms with van der Waals surface area (Å²) in [6.07, 6.45) is 0.832. The molecule has 2 rings (SSSR count). The molecule has 1 aliphatic rings. The minimum Gasteiger partial charge on any atom is -0.319 e. The van der Waals surface area contributed by atoms with Gasteiger partial charge in [0.2, 0.25) is 11.8 Å². The van der Waals surface area contributed by atoms with E-state index in [0.29, 0.717) is 13.0 Å². The zero-order chi connectivity index (χ0) is 12.4. The van der Waals surface area contributed by atoms with Crippen molar-refractivity contribution in [3.05, 3.63) is 35.4 Å². The molecule has 0 spiro atoms. The second kappa shape index (κ2) is 4.67. The van der Waals surface area contributed by atoms with Crippen molar-refractivity contribution in [3.63, 3.8) is 0 Å². The summed E-state index contributed by atoms with van der Waals surface area (Å²) in [5.74, 6) is -0.405. The molecule has 1 atom stereocenters. The Morgan fingerprint density at radius 3 is 2.76 bits per heavy atom. The highest BCUT2D eigenvalue weighted by molar-refractivity contribution is 6.05. The third-order valence-electron chi connectivity index (χ3n) is 2.99. The molecular formula is C13H16N2O2. The van der Waals surface area contributed by atoms with Crippen LogP contribution in [0.5, 0.6) is 0 Å². The van der Waals surface area contributed by atoms with E-state index in [1.54, 1.807) is 0 Å². The van der Waals surface area contributed by atoms with E-state index in [-0.39, 0.29) is 18.2 Å². The van der Waals surface area contributed by atoms with Gasteiger partial charge < -0.3 is 5.73 Å². The maximum absolute atomic E-state index is 11.6. The molecule has 2 N–H and O–H groups in total. The summed E-state index contributed by atoms with van der Waals surface area (Å²) in [5.41, 5.74) is 7.85. The lowest BCUT2D eigenvalue weighted by Crippen LogP contribution is -2.36. The Balaban J connectivity index is 1.99. The van der Waals surface area contributed by atoms with Crippen molar-refractivity contribution in [1.29, 1.82) is 0 Å². The smallest absolute Gasteiger partial charge is 0.246 e. The fourth-order valence-corrected chi connectivity index (χ4v) is 2.05. The molecule has 0 saturated carbocycles. The number of aryl methyl sites for hydroxylation is 1. The Morgan fingerprint density at radius 1 is 1.41 bits per heavy atom. The Labute approximate surface area is 100 Å². The summed E-state index contributed by atoms with van der Waals surface area (Å²) in [6.45, 7) is 2.44. The predicted molar refractivity (Wildman–Crippen MR) is 64.2 cm³/mol. The molecule has 0 radical (unpaired) electrons. The average molecular weight is 232 g/mol. The molecule has 0 aromatic heterocycles. The molecule has 4 heteroatoms. The molecule has 2 amide bonds. The van der Waals surface area contributed by atoms with Crippen molar-refractivity contribution in [2.24, 2.45) is 5.73 Å². The number of benzene rings is 1. The first-order valence-corrected chi connectivity index (χ1v) is 5.73. The van der Waals surface area contributed by atoms with Crippen molar-refractivity contribution < 1.29 is 9.59 Å². The van der Waals surface area contributed by atoms with Gasteiger partial charge in [-0.05, 0) is 18.9 Å². The predicted octanol–water partition coefficient (Wildman–Crippen LogP) is 0.624. The monoisotopic (exact) mass is 232 g/mol. The van der Waals surface area contributed by atoms with Crippen LogP contribution in [0.2, 0.25) is 0 Å². The highest BCUT2D eigenvalue weighted by Crippen LogP contribution is 2.13. The Hall–Kier alpha value is -1.68. The number of hydrogen-bond donors (Lipinski definition) is 1. The molecular weight excluding hydrogens is 216 g/mol. The number of nitrogens with zero attached hydrogens (tertiary/aromatic N) is 1. The fourth-order valence-electron chi connectivity index (χ4n) is 2.05. The first-order valence-electron chi connectivity index (χ1n) is 5.73. The molecule has 1 unspecified atom stereocenters.